The van der Waals surface area contributed by atoms with E-state index in [1.54, 1.807) is 0 Å². The van der Waals surface area contributed by atoms with E-state index >= 15 is 0 Å². The maximum absolute atomic E-state index is 11.1. The number of alkyl halides is 3. The van der Waals surface area contributed by atoms with Gasteiger partial charge in [-0.25, -0.2) is 9.59 Å². The number of alkyl carbamates (subject to hydrolysis) is 1. The van der Waals surface area contributed by atoms with E-state index in [-0.39, 0.29) is 6.10 Å². The molecule has 1 aromatic rings. The number of hydrogen-bond acceptors (Lipinski definition) is 5. The fraction of sp³-hybridized carbons (Fsp3) is 0.556. The van der Waals surface area contributed by atoms with Gasteiger partial charge in [-0.3, -0.25) is 0 Å². The highest BCUT2D eigenvalue weighted by atomic mass is 35.5. The van der Waals surface area contributed by atoms with Gasteiger partial charge in [0.15, 0.2) is 0 Å². The van der Waals surface area contributed by atoms with Crippen LogP contribution in [0, 0.1) is 5.92 Å². The number of methoxy groups -OCH3 is 1. The van der Waals surface area contributed by atoms with Gasteiger partial charge in [0.2, 0.25) is 0 Å². The summed E-state index contributed by atoms with van der Waals surface area (Å²) in [6.07, 6.45) is -3.28. The Hall–Kier alpha value is -2.04. The van der Waals surface area contributed by atoms with Crippen LogP contribution in [0.2, 0.25) is 5.02 Å². The highest BCUT2D eigenvalue weighted by molar-refractivity contribution is 6.30. The van der Waals surface area contributed by atoms with Gasteiger partial charge in [0, 0.05) is 24.0 Å². The van der Waals surface area contributed by atoms with Gasteiger partial charge < -0.3 is 25.2 Å². The highest BCUT2D eigenvalue weighted by Crippen LogP contribution is 2.31. The molecule has 0 aliphatic carbocycles. The first-order valence-corrected chi connectivity index (χ1v) is 9.22. The molecule has 0 radical (unpaired) electrons. The zero-order valence-electron chi connectivity index (χ0n) is 15.8. The van der Waals surface area contributed by atoms with E-state index in [2.05, 4.69) is 15.4 Å². The lowest BCUT2D eigenvalue weighted by molar-refractivity contribution is -0.192. The predicted molar refractivity (Wildman–Crippen MR) is 99.8 cm³/mol. The van der Waals surface area contributed by atoms with Crippen molar-refractivity contribution in [2.24, 2.45) is 5.92 Å². The van der Waals surface area contributed by atoms with Gasteiger partial charge in [-0.15, -0.1) is 0 Å². The molecule has 2 rings (SSSR count). The number of carboxylic acids is 1. The van der Waals surface area contributed by atoms with E-state index in [0.29, 0.717) is 24.1 Å². The Kier molecular flexibility index (Phi) is 10.8. The van der Waals surface area contributed by atoms with Crippen LogP contribution in [0.25, 0.3) is 0 Å². The molecule has 1 aliphatic heterocycles. The second kappa shape index (κ2) is 12.5. The van der Waals surface area contributed by atoms with E-state index in [0.717, 1.165) is 31.5 Å². The van der Waals surface area contributed by atoms with Crippen LogP contribution in [-0.2, 0) is 14.3 Å². The van der Waals surface area contributed by atoms with E-state index in [9.17, 15) is 18.0 Å². The molecule has 1 aliphatic rings. The number of benzene rings is 1. The predicted octanol–water partition coefficient (Wildman–Crippen LogP) is 3.39. The van der Waals surface area contributed by atoms with Crippen LogP contribution in [0.5, 0.6) is 0 Å². The van der Waals surface area contributed by atoms with Gasteiger partial charge in [-0.2, -0.15) is 13.2 Å². The number of carboxylic acid groups (broad SMARTS) is 1. The smallest absolute Gasteiger partial charge is 0.475 e. The van der Waals surface area contributed by atoms with Crippen LogP contribution in [0.4, 0.5) is 18.0 Å². The molecule has 0 saturated carbocycles. The fourth-order valence-electron chi connectivity index (χ4n) is 2.74. The first kappa shape index (κ1) is 25.0. The summed E-state index contributed by atoms with van der Waals surface area (Å²) in [6, 6.07) is 7.80. The van der Waals surface area contributed by atoms with Crippen molar-refractivity contribution in [2.45, 2.75) is 25.1 Å². The van der Waals surface area contributed by atoms with Crippen molar-refractivity contribution < 1.29 is 37.3 Å². The van der Waals surface area contributed by atoms with Gasteiger partial charge in [-0.05, 0) is 37.1 Å². The van der Waals surface area contributed by atoms with Crippen molar-refractivity contribution in [1.29, 1.82) is 0 Å². The van der Waals surface area contributed by atoms with Crippen molar-refractivity contribution in [3.63, 3.8) is 0 Å². The molecule has 2 unspecified atom stereocenters. The zero-order chi connectivity index (χ0) is 21.9. The molecular formula is C18H24ClF3N2O5. The highest BCUT2D eigenvalue weighted by Gasteiger charge is 2.38. The molecule has 29 heavy (non-hydrogen) atoms. The van der Waals surface area contributed by atoms with E-state index in [1.165, 1.54) is 7.11 Å². The molecule has 164 valence electrons. The van der Waals surface area contributed by atoms with Gasteiger partial charge in [0.1, 0.15) is 0 Å². The lowest BCUT2D eigenvalue weighted by atomic mass is 9.89. The first-order valence-electron chi connectivity index (χ1n) is 8.85. The van der Waals surface area contributed by atoms with Crippen LogP contribution in [0.15, 0.2) is 24.3 Å². The standard InChI is InChI=1S/C16H23ClN2O3.C2HF3O2/c1-21-16(20)19-8-9-22-15(13-5-3-7-18-11-13)12-4-2-6-14(17)10-12;3-2(4,5)1(6)7/h2,4,6,10,13,15,18H,3,5,7-9,11H2,1H3,(H,19,20);(H,6,7). The number of amides is 1. The number of aliphatic carboxylic acids is 1. The Balaban J connectivity index is 0.000000516. The van der Waals surface area contributed by atoms with Crippen molar-refractivity contribution in [3.8, 4) is 0 Å². The molecule has 1 heterocycles. The van der Waals surface area contributed by atoms with Crippen LogP contribution in [0.3, 0.4) is 0 Å². The van der Waals surface area contributed by atoms with Crippen molar-refractivity contribution in [3.05, 3.63) is 34.9 Å². The Morgan fingerprint density at radius 3 is 2.62 bits per heavy atom. The number of ether oxygens (including phenoxy) is 2. The molecule has 1 saturated heterocycles. The molecular weight excluding hydrogens is 417 g/mol. The Morgan fingerprint density at radius 1 is 1.41 bits per heavy atom. The van der Waals surface area contributed by atoms with Gasteiger partial charge in [-0.1, -0.05) is 23.7 Å². The quantitative estimate of drug-likeness (QED) is 0.587. The Labute approximate surface area is 171 Å². The third-order valence-electron chi connectivity index (χ3n) is 4.04. The maximum Gasteiger partial charge on any atom is 0.490 e. The molecule has 11 heteroatoms. The summed E-state index contributed by atoms with van der Waals surface area (Å²) >= 11 is 6.10. The van der Waals surface area contributed by atoms with Crippen LogP contribution in [0.1, 0.15) is 24.5 Å². The van der Waals surface area contributed by atoms with Crippen LogP contribution < -0.4 is 10.6 Å². The van der Waals surface area contributed by atoms with Gasteiger partial charge >= 0.3 is 18.2 Å². The Morgan fingerprint density at radius 2 is 2.10 bits per heavy atom. The van der Waals surface area contributed by atoms with Gasteiger partial charge in [0.25, 0.3) is 0 Å². The Bertz CT molecular complexity index is 655. The summed E-state index contributed by atoms with van der Waals surface area (Å²) in [5, 5.41) is 13.9. The second-order valence-electron chi connectivity index (χ2n) is 6.17. The molecule has 0 aromatic heterocycles. The maximum atomic E-state index is 11.1. The van der Waals surface area contributed by atoms with Crippen molar-refractivity contribution in [1.82, 2.24) is 10.6 Å². The minimum absolute atomic E-state index is 0.0223. The van der Waals surface area contributed by atoms with E-state index in [1.807, 2.05) is 24.3 Å². The third-order valence-corrected chi connectivity index (χ3v) is 4.27. The average molecular weight is 441 g/mol. The molecule has 1 aromatic carbocycles. The lowest BCUT2D eigenvalue weighted by Gasteiger charge is -2.31. The summed E-state index contributed by atoms with van der Waals surface area (Å²) in [5.41, 5.74) is 1.08. The van der Waals surface area contributed by atoms with Crippen molar-refractivity contribution >= 4 is 23.7 Å². The number of halogens is 4. The molecule has 0 spiro atoms. The first-order chi connectivity index (χ1) is 13.6. The number of carbonyl (C=O) groups is 2. The molecule has 2 atom stereocenters. The monoisotopic (exact) mass is 440 g/mol. The number of nitrogens with one attached hydrogen (secondary N) is 2. The molecule has 3 N–H and O–H groups in total. The molecule has 1 fully saturated rings. The van der Waals surface area contributed by atoms with E-state index < -0.39 is 18.2 Å². The fourth-order valence-corrected chi connectivity index (χ4v) is 2.94. The summed E-state index contributed by atoms with van der Waals surface area (Å²) in [6.45, 7) is 2.84. The third kappa shape index (κ3) is 9.82. The largest absolute Gasteiger partial charge is 0.490 e. The second-order valence-corrected chi connectivity index (χ2v) is 6.61. The minimum atomic E-state index is -5.08. The topological polar surface area (TPSA) is 96.9 Å². The van der Waals surface area contributed by atoms with Crippen LogP contribution >= 0.6 is 11.6 Å². The molecule has 0 bridgehead atoms. The molecule has 1 amide bonds. The summed E-state index contributed by atoms with van der Waals surface area (Å²) in [5.74, 6) is -2.35. The number of carbonyl (C=O) groups excluding carboxylic acids is 1. The summed E-state index contributed by atoms with van der Waals surface area (Å²) < 4.78 is 42.3. The van der Waals surface area contributed by atoms with Crippen LogP contribution in [-0.4, -0.2) is 56.7 Å². The normalized spacial score (nSPS) is 17.5. The zero-order valence-corrected chi connectivity index (χ0v) is 16.6. The molecule has 7 nitrogen and oxygen atoms in total. The minimum Gasteiger partial charge on any atom is -0.475 e. The van der Waals surface area contributed by atoms with E-state index in [4.69, 9.17) is 26.2 Å². The SMILES string of the molecule is COC(=O)NCCOC(c1cccc(Cl)c1)C1CCCNC1.O=C(O)C(F)(F)F. The number of hydrogen-bond donors (Lipinski definition) is 3. The van der Waals surface area contributed by atoms with Gasteiger partial charge in [0.05, 0.1) is 19.8 Å². The van der Waals surface area contributed by atoms with Crippen molar-refractivity contribution in [2.75, 3.05) is 33.4 Å². The summed E-state index contributed by atoms with van der Waals surface area (Å²) in [7, 11) is 1.35. The summed E-state index contributed by atoms with van der Waals surface area (Å²) in [4.78, 5) is 20.0. The average Bonchev–Trinajstić information content (AvgIpc) is 2.68. The number of rotatable bonds is 6. The lowest BCUT2D eigenvalue weighted by Crippen LogP contribution is -2.35. The number of piperidine rings is 1.